The minimum absolute atomic E-state index is 0.254. The second kappa shape index (κ2) is 3.44. The van der Waals surface area contributed by atoms with Crippen molar-refractivity contribution in [1.82, 2.24) is 4.98 Å². The Hall–Kier alpha value is -0.960. The third-order valence-corrected chi connectivity index (χ3v) is 1.61. The molecule has 1 aromatic rings. The molecule has 0 aromatic carbocycles. The fraction of sp³-hybridized carbons (Fsp3) is 0.375. The number of hydrogen-bond donors (Lipinski definition) is 1. The first-order valence-corrected chi connectivity index (χ1v) is 3.54. The summed E-state index contributed by atoms with van der Waals surface area (Å²) in [6.45, 7) is 2.31. The van der Waals surface area contributed by atoms with E-state index in [4.69, 9.17) is 5.73 Å². The van der Waals surface area contributed by atoms with Crippen molar-refractivity contribution in [1.29, 1.82) is 0 Å². The summed E-state index contributed by atoms with van der Waals surface area (Å²) in [4.78, 5) is 3.71. The van der Waals surface area contributed by atoms with Gasteiger partial charge in [0.05, 0.1) is 6.20 Å². The monoisotopic (exact) mass is 154 g/mol. The molecule has 3 heteroatoms. The van der Waals surface area contributed by atoms with E-state index in [0.717, 1.165) is 5.56 Å². The van der Waals surface area contributed by atoms with E-state index in [1.54, 1.807) is 6.20 Å². The number of nitrogens with two attached hydrogens (primary N) is 1. The molecule has 0 aliphatic rings. The maximum absolute atomic E-state index is 12.9. The quantitative estimate of drug-likeness (QED) is 0.691. The summed E-state index contributed by atoms with van der Waals surface area (Å²) in [5.41, 5.74) is 6.86. The third-order valence-electron chi connectivity index (χ3n) is 1.61. The molecule has 2 N–H and O–H groups in total. The molecular weight excluding hydrogens is 143 g/mol. The molecule has 11 heavy (non-hydrogen) atoms. The van der Waals surface area contributed by atoms with Crippen LogP contribution in [0.25, 0.3) is 0 Å². The number of hydrogen-bond acceptors (Lipinski definition) is 2. The molecule has 1 aromatic heterocycles. The van der Waals surface area contributed by atoms with Gasteiger partial charge in [-0.1, -0.05) is 0 Å². The molecular formula is C8H11FN2. The molecule has 0 saturated carbocycles. The zero-order valence-electron chi connectivity index (χ0n) is 6.47. The van der Waals surface area contributed by atoms with Crippen LogP contribution in [-0.4, -0.2) is 11.5 Å². The van der Waals surface area contributed by atoms with Crippen LogP contribution in [0.15, 0.2) is 12.4 Å². The highest BCUT2D eigenvalue weighted by Gasteiger charge is 2.03. The maximum Gasteiger partial charge on any atom is 0.144 e. The topological polar surface area (TPSA) is 38.9 Å². The Balaban J connectivity index is 3.00. The van der Waals surface area contributed by atoms with E-state index in [1.807, 2.05) is 6.92 Å². The predicted molar refractivity (Wildman–Crippen MR) is 41.7 cm³/mol. The van der Waals surface area contributed by atoms with Gasteiger partial charge in [0.1, 0.15) is 5.82 Å². The molecule has 0 aliphatic carbocycles. The lowest BCUT2D eigenvalue weighted by Gasteiger charge is -2.03. The highest BCUT2D eigenvalue weighted by Crippen LogP contribution is 2.10. The Morgan fingerprint density at radius 2 is 2.27 bits per heavy atom. The maximum atomic E-state index is 12.9. The molecule has 0 spiro atoms. The summed E-state index contributed by atoms with van der Waals surface area (Å²) in [7, 11) is 0. The van der Waals surface area contributed by atoms with Crippen molar-refractivity contribution in [2.45, 2.75) is 13.3 Å². The molecule has 0 radical (unpaired) electrons. The van der Waals surface area contributed by atoms with Crippen LogP contribution in [0.2, 0.25) is 0 Å². The van der Waals surface area contributed by atoms with Crippen LogP contribution in [-0.2, 0) is 6.42 Å². The average Bonchev–Trinajstić information content (AvgIpc) is 1.97. The van der Waals surface area contributed by atoms with Gasteiger partial charge in [0.25, 0.3) is 0 Å². The summed E-state index contributed by atoms with van der Waals surface area (Å²) in [6.07, 6.45) is 3.45. The fourth-order valence-corrected chi connectivity index (χ4v) is 1.02. The molecule has 2 nitrogen and oxygen atoms in total. The molecule has 1 rings (SSSR count). The normalized spacial score (nSPS) is 10.1. The Labute approximate surface area is 65.3 Å². The van der Waals surface area contributed by atoms with Crippen LogP contribution < -0.4 is 5.73 Å². The molecule has 60 valence electrons. The Morgan fingerprint density at radius 1 is 1.55 bits per heavy atom. The summed E-state index contributed by atoms with van der Waals surface area (Å²) >= 11 is 0. The number of halogens is 1. The van der Waals surface area contributed by atoms with E-state index in [1.165, 1.54) is 6.20 Å². The zero-order valence-corrected chi connectivity index (χ0v) is 6.47. The summed E-state index contributed by atoms with van der Waals surface area (Å²) in [5.74, 6) is -0.254. The molecule has 0 unspecified atom stereocenters. The van der Waals surface area contributed by atoms with Gasteiger partial charge < -0.3 is 5.73 Å². The van der Waals surface area contributed by atoms with Gasteiger partial charge in [-0.25, -0.2) is 4.39 Å². The van der Waals surface area contributed by atoms with Crippen molar-refractivity contribution in [2.75, 3.05) is 6.54 Å². The minimum atomic E-state index is -0.254. The molecule has 0 aliphatic heterocycles. The smallest absolute Gasteiger partial charge is 0.144 e. The van der Waals surface area contributed by atoms with Crippen molar-refractivity contribution in [2.24, 2.45) is 5.73 Å². The van der Waals surface area contributed by atoms with E-state index in [9.17, 15) is 4.39 Å². The highest BCUT2D eigenvalue weighted by atomic mass is 19.1. The van der Waals surface area contributed by atoms with Gasteiger partial charge in [0, 0.05) is 6.20 Å². The van der Waals surface area contributed by atoms with Crippen molar-refractivity contribution in [3.63, 3.8) is 0 Å². The van der Waals surface area contributed by atoms with E-state index in [2.05, 4.69) is 4.98 Å². The number of aromatic nitrogens is 1. The van der Waals surface area contributed by atoms with Crippen molar-refractivity contribution >= 4 is 0 Å². The first-order valence-electron chi connectivity index (χ1n) is 3.54. The van der Waals surface area contributed by atoms with Crippen LogP contribution in [0.5, 0.6) is 0 Å². The summed E-state index contributed by atoms with van der Waals surface area (Å²) < 4.78 is 12.9. The Bertz CT molecular complexity index is 228. The van der Waals surface area contributed by atoms with Crippen LogP contribution in [0.1, 0.15) is 11.1 Å². The SMILES string of the molecule is Cc1cncc(F)c1CCN. The lowest BCUT2D eigenvalue weighted by atomic mass is 10.1. The van der Waals surface area contributed by atoms with Gasteiger partial charge >= 0.3 is 0 Å². The van der Waals surface area contributed by atoms with Crippen molar-refractivity contribution < 1.29 is 4.39 Å². The lowest BCUT2D eigenvalue weighted by Crippen LogP contribution is -2.06. The Morgan fingerprint density at radius 3 is 2.82 bits per heavy atom. The van der Waals surface area contributed by atoms with E-state index >= 15 is 0 Å². The molecule has 0 saturated heterocycles. The van der Waals surface area contributed by atoms with E-state index in [0.29, 0.717) is 18.5 Å². The first-order chi connectivity index (χ1) is 5.25. The Kier molecular flexibility index (Phi) is 2.54. The molecule has 0 bridgehead atoms. The standard InChI is InChI=1S/C8H11FN2/c1-6-4-11-5-8(9)7(6)2-3-10/h4-5H,2-3,10H2,1H3. The largest absolute Gasteiger partial charge is 0.330 e. The number of nitrogens with zero attached hydrogens (tertiary/aromatic N) is 1. The van der Waals surface area contributed by atoms with Crippen LogP contribution in [0, 0.1) is 12.7 Å². The highest BCUT2D eigenvalue weighted by molar-refractivity contribution is 5.23. The van der Waals surface area contributed by atoms with Gasteiger partial charge in [-0.05, 0) is 31.0 Å². The average molecular weight is 154 g/mol. The predicted octanol–water partition coefficient (Wildman–Crippen LogP) is 1.03. The second-order valence-corrected chi connectivity index (χ2v) is 2.46. The van der Waals surface area contributed by atoms with Gasteiger partial charge in [-0.15, -0.1) is 0 Å². The molecule has 1 heterocycles. The van der Waals surface area contributed by atoms with Gasteiger partial charge in [0.2, 0.25) is 0 Å². The summed E-state index contributed by atoms with van der Waals surface area (Å²) in [5, 5.41) is 0. The number of rotatable bonds is 2. The number of pyridine rings is 1. The van der Waals surface area contributed by atoms with E-state index in [-0.39, 0.29) is 5.82 Å². The third kappa shape index (κ3) is 1.74. The fourth-order valence-electron chi connectivity index (χ4n) is 1.02. The summed E-state index contributed by atoms with van der Waals surface area (Å²) in [6, 6.07) is 0. The van der Waals surface area contributed by atoms with Crippen LogP contribution in [0.4, 0.5) is 4.39 Å². The minimum Gasteiger partial charge on any atom is -0.330 e. The van der Waals surface area contributed by atoms with Gasteiger partial charge in [-0.2, -0.15) is 0 Å². The zero-order chi connectivity index (χ0) is 8.27. The van der Waals surface area contributed by atoms with Gasteiger partial charge in [-0.3, -0.25) is 4.98 Å². The van der Waals surface area contributed by atoms with Gasteiger partial charge in [0.15, 0.2) is 0 Å². The van der Waals surface area contributed by atoms with Crippen LogP contribution in [0.3, 0.4) is 0 Å². The van der Waals surface area contributed by atoms with Crippen molar-refractivity contribution in [3.05, 3.63) is 29.3 Å². The molecule has 0 atom stereocenters. The second-order valence-electron chi connectivity index (χ2n) is 2.46. The number of aryl methyl sites for hydroxylation is 1. The lowest BCUT2D eigenvalue weighted by molar-refractivity contribution is 0.600. The van der Waals surface area contributed by atoms with Crippen molar-refractivity contribution in [3.8, 4) is 0 Å². The van der Waals surface area contributed by atoms with E-state index < -0.39 is 0 Å². The molecule has 0 fully saturated rings. The molecule has 0 amide bonds. The first kappa shape index (κ1) is 8.14. The van der Waals surface area contributed by atoms with Crippen LogP contribution >= 0.6 is 0 Å².